The molecule has 4 amide bonds. The van der Waals surface area contributed by atoms with Gasteiger partial charge in [0.25, 0.3) is 0 Å². The number of nitrogens with zero attached hydrogens (tertiary/aromatic N) is 4. The van der Waals surface area contributed by atoms with Gasteiger partial charge in [-0.25, -0.2) is 32.3 Å². The molecule has 1 saturated heterocycles. The number of hydrogen-bond acceptors (Lipinski definition) is 12. The number of carbonyl (C=O) groups excluding carboxylic acids is 3. The number of benzene rings is 1. The van der Waals surface area contributed by atoms with Gasteiger partial charge in [0.05, 0.1) is 30.6 Å². The molecule has 1 unspecified atom stereocenters. The van der Waals surface area contributed by atoms with Gasteiger partial charge in [0.1, 0.15) is 40.9 Å². The van der Waals surface area contributed by atoms with Crippen LogP contribution in [0.1, 0.15) is 86.5 Å². The quantitative estimate of drug-likeness (QED) is 0.137. The van der Waals surface area contributed by atoms with Gasteiger partial charge >= 0.3 is 12.0 Å². The van der Waals surface area contributed by atoms with Gasteiger partial charge in [-0.15, -0.1) is 11.3 Å². The fourth-order valence-corrected chi connectivity index (χ4v) is 9.72. The van der Waals surface area contributed by atoms with Gasteiger partial charge in [-0.2, -0.15) is 0 Å². The Morgan fingerprint density at radius 2 is 1.89 bits per heavy atom. The molecule has 6 atom stereocenters. The molecule has 63 heavy (non-hydrogen) atoms. The number of allylic oxidation sites excluding steroid dienone is 1. The number of carboxylic acids is 1. The fraction of sp³-hybridized carbons (Fsp3) is 0.591. The number of urea groups is 1. The number of thiazole rings is 1. The first-order valence-corrected chi connectivity index (χ1v) is 24.1. The second-order valence-corrected chi connectivity index (χ2v) is 21.3. The van der Waals surface area contributed by atoms with E-state index in [0.717, 1.165) is 18.0 Å². The second kappa shape index (κ2) is 19.4. The molecular weight excluding hydrogens is 849 g/mol. The topological polar surface area (TPSA) is 221 Å². The summed E-state index contributed by atoms with van der Waals surface area (Å²) < 4.78 is 38.8. The van der Waals surface area contributed by atoms with Crippen LogP contribution in [0.5, 0.6) is 11.5 Å². The lowest BCUT2D eigenvalue weighted by Crippen LogP contribution is -2.59. The molecule has 19 heteroatoms. The van der Waals surface area contributed by atoms with E-state index < -0.39 is 74.9 Å². The van der Waals surface area contributed by atoms with E-state index in [9.17, 15) is 32.7 Å². The number of likely N-dealkylation sites (N-methyl/N-ethyl adjacent to an activating group) is 1. The van der Waals surface area contributed by atoms with Gasteiger partial charge in [-0.3, -0.25) is 9.59 Å². The standard InChI is InChI=1S/C44H62N8O9S2/c1-9-63(58,59)51(7)24-37(43(4,5)6)49-41(57)47-31-16-14-12-10-11-13-15-27-22-44(27,40(55)56)50-38(53)35-20-29(23-52(35)39(31)54)61-36-21-33(34-25-62-42(48-34)45-26(2)3)46-32-19-28(60-8)17-18-30(32)36/h13,15,17-19,21,25-27,29,31,35,37H,9-12,14,16,20,22-24H2,1-8H3,(H,45,48)(H,50,53)(H,55,56)(H2,47,49,57)/t27?,29-,31+,35+,37-,44-/m1/s1. The monoisotopic (exact) mass is 910 g/mol. The molecule has 5 N–H and O–H groups in total. The Kier molecular flexibility index (Phi) is 14.6. The SMILES string of the molecule is CCS(=O)(=O)N(C)C[C@@H](NC(=O)N[C@H]1CCCCCC=CC2C[C@@]2(C(=O)O)NC(=O)[C@@H]2C[C@@H](Oc3cc(-c4csc(NC(C)C)n4)nc4cc(OC)ccc34)CN2C1=O)C(C)(C)C. The summed E-state index contributed by atoms with van der Waals surface area (Å²) in [5, 5.41) is 25.6. The number of aliphatic carboxylic acids is 1. The summed E-state index contributed by atoms with van der Waals surface area (Å²) in [4.78, 5) is 66.9. The number of pyridine rings is 1. The van der Waals surface area contributed by atoms with Crippen molar-refractivity contribution in [3.05, 3.63) is 41.8 Å². The zero-order valence-electron chi connectivity index (χ0n) is 37.4. The number of hydrogen-bond donors (Lipinski definition) is 5. The summed E-state index contributed by atoms with van der Waals surface area (Å²) in [6.07, 6.45) is 6.37. The third kappa shape index (κ3) is 11.2. The van der Waals surface area contributed by atoms with Crippen LogP contribution in [-0.4, -0.2) is 125 Å². The molecule has 0 bridgehead atoms. The highest BCUT2D eigenvalue weighted by Crippen LogP contribution is 2.45. The number of carbonyl (C=O) groups is 4. The Hall–Kier alpha value is -5.01. The van der Waals surface area contributed by atoms with Gasteiger partial charge in [-0.1, -0.05) is 45.8 Å². The summed E-state index contributed by atoms with van der Waals surface area (Å²) in [6, 6.07) is 3.87. The minimum Gasteiger partial charge on any atom is -0.497 e. The van der Waals surface area contributed by atoms with E-state index in [1.165, 1.54) is 27.6 Å². The van der Waals surface area contributed by atoms with E-state index in [0.29, 0.717) is 46.6 Å². The molecular formula is C44H62N8O9S2. The first-order valence-electron chi connectivity index (χ1n) is 21.7. The van der Waals surface area contributed by atoms with Crippen molar-refractivity contribution in [1.82, 2.24) is 35.1 Å². The smallest absolute Gasteiger partial charge is 0.330 e. The van der Waals surface area contributed by atoms with Crippen LogP contribution in [0, 0.1) is 11.3 Å². The highest BCUT2D eigenvalue weighted by molar-refractivity contribution is 7.89. The molecule has 1 aromatic carbocycles. The number of anilines is 1. The summed E-state index contributed by atoms with van der Waals surface area (Å²) in [5.74, 6) is -1.77. The van der Waals surface area contributed by atoms with E-state index in [1.54, 1.807) is 32.2 Å². The molecule has 2 fully saturated rings. The van der Waals surface area contributed by atoms with Gasteiger partial charge in [0, 0.05) is 60.9 Å². The third-order valence-corrected chi connectivity index (χ3v) is 14.6. The molecule has 2 aliphatic heterocycles. The van der Waals surface area contributed by atoms with Crippen LogP contribution in [-0.2, 0) is 24.4 Å². The van der Waals surface area contributed by atoms with Crippen LogP contribution in [0.2, 0.25) is 0 Å². The van der Waals surface area contributed by atoms with Crippen molar-refractivity contribution >= 4 is 61.2 Å². The summed E-state index contributed by atoms with van der Waals surface area (Å²) in [7, 11) is -0.514. The minimum absolute atomic E-state index is 0.00951. The van der Waals surface area contributed by atoms with Crippen molar-refractivity contribution in [1.29, 1.82) is 0 Å². The molecule has 0 spiro atoms. The summed E-state index contributed by atoms with van der Waals surface area (Å²) >= 11 is 1.45. The first-order chi connectivity index (χ1) is 29.7. The molecule has 1 aliphatic carbocycles. The molecule has 4 heterocycles. The molecule has 3 aliphatic rings. The lowest BCUT2D eigenvalue weighted by Gasteiger charge is -2.35. The van der Waals surface area contributed by atoms with E-state index >= 15 is 0 Å². The highest BCUT2D eigenvalue weighted by Gasteiger charge is 2.61. The van der Waals surface area contributed by atoms with Gasteiger partial charge in [0.2, 0.25) is 21.8 Å². The molecule has 0 radical (unpaired) electrons. The van der Waals surface area contributed by atoms with Gasteiger partial charge < -0.3 is 40.7 Å². The zero-order valence-corrected chi connectivity index (χ0v) is 39.0. The van der Waals surface area contributed by atoms with Crippen LogP contribution in [0.25, 0.3) is 22.3 Å². The highest BCUT2D eigenvalue weighted by atomic mass is 32.2. The number of methoxy groups -OCH3 is 1. The molecule has 3 aromatic rings. The summed E-state index contributed by atoms with van der Waals surface area (Å²) in [6.45, 7) is 11.2. The Morgan fingerprint density at radius 3 is 2.57 bits per heavy atom. The lowest BCUT2D eigenvalue weighted by molar-refractivity contribution is -0.145. The number of carboxylic acid groups (broad SMARTS) is 1. The number of nitrogens with one attached hydrogen (secondary N) is 4. The molecule has 1 saturated carbocycles. The zero-order chi connectivity index (χ0) is 45.9. The Balaban J connectivity index is 1.33. The van der Waals surface area contributed by atoms with Crippen molar-refractivity contribution in [2.45, 2.75) is 122 Å². The molecule has 6 rings (SSSR count). The fourth-order valence-electron chi connectivity index (χ4n) is 8.05. The number of fused-ring (bicyclic) bond motifs is 3. The third-order valence-electron chi connectivity index (χ3n) is 12.0. The number of ether oxygens (including phenoxy) is 2. The van der Waals surface area contributed by atoms with Crippen molar-refractivity contribution in [2.75, 3.05) is 38.3 Å². The minimum atomic E-state index is -3.55. The number of aromatic nitrogens is 2. The number of amides is 4. The largest absolute Gasteiger partial charge is 0.497 e. The Bertz CT molecular complexity index is 2310. The second-order valence-electron chi connectivity index (χ2n) is 18.1. The van der Waals surface area contributed by atoms with Crippen LogP contribution in [0.15, 0.2) is 41.8 Å². The van der Waals surface area contributed by atoms with E-state index in [2.05, 4.69) is 21.3 Å². The van der Waals surface area contributed by atoms with Crippen molar-refractivity contribution < 1.29 is 42.2 Å². The number of sulfonamides is 1. The van der Waals surface area contributed by atoms with Gasteiger partial charge in [0.15, 0.2) is 5.13 Å². The van der Waals surface area contributed by atoms with Crippen molar-refractivity contribution in [3.8, 4) is 22.9 Å². The average molecular weight is 911 g/mol. The molecule has 17 nitrogen and oxygen atoms in total. The number of rotatable bonds is 13. The summed E-state index contributed by atoms with van der Waals surface area (Å²) in [5.41, 5.74) is -0.330. The predicted molar refractivity (Wildman–Crippen MR) is 242 cm³/mol. The average Bonchev–Trinajstić information content (AvgIpc) is 3.49. The maximum Gasteiger partial charge on any atom is 0.330 e. The maximum atomic E-state index is 14.9. The van der Waals surface area contributed by atoms with E-state index in [-0.39, 0.29) is 44.1 Å². The first kappa shape index (κ1) is 47.5. The van der Waals surface area contributed by atoms with Crippen LogP contribution >= 0.6 is 11.3 Å². The molecule has 2 aromatic heterocycles. The van der Waals surface area contributed by atoms with Crippen LogP contribution in [0.3, 0.4) is 0 Å². The predicted octanol–water partition coefficient (Wildman–Crippen LogP) is 5.38. The van der Waals surface area contributed by atoms with Gasteiger partial charge in [-0.05, 0) is 64.0 Å². The van der Waals surface area contributed by atoms with E-state index in [4.69, 9.17) is 19.4 Å². The Labute approximate surface area is 373 Å². The Morgan fingerprint density at radius 1 is 1.13 bits per heavy atom. The maximum absolute atomic E-state index is 14.9. The van der Waals surface area contributed by atoms with Crippen LogP contribution in [0.4, 0.5) is 9.93 Å². The lowest BCUT2D eigenvalue weighted by atomic mass is 9.87. The van der Waals surface area contributed by atoms with E-state index in [1.807, 2.05) is 58.2 Å². The van der Waals surface area contributed by atoms with Crippen molar-refractivity contribution in [2.24, 2.45) is 11.3 Å². The van der Waals surface area contributed by atoms with Crippen molar-refractivity contribution in [3.63, 3.8) is 0 Å². The van der Waals surface area contributed by atoms with Crippen LogP contribution < -0.4 is 30.7 Å². The molecule has 344 valence electrons. The normalized spacial score (nSPS) is 23.9.